The Morgan fingerprint density at radius 1 is 1.00 bits per heavy atom. The zero-order valence-electron chi connectivity index (χ0n) is 16.7. The van der Waals surface area contributed by atoms with Crippen LogP contribution in [0.3, 0.4) is 0 Å². The van der Waals surface area contributed by atoms with Crippen LogP contribution < -0.4 is 0 Å². The summed E-state index contributed by atoms with van der Waals surface area (Å²) in [4.78, 5) is 14.4. The first-order chi connectivity index (χ1) is 13.5. The second kappa shape index (κ2) is 9.04. The van der Waals surface area contributed by atoms with Crippen LogP contribution in [0.2, 0.25) is 0 Å². The molecule has 1 unspecified atom stereocenters. The van der Waals surface area contributed by atoms with E-state index in [0.717, 1.165) is 21.7 Å². The molecule has 0 aliphatic rings. The van der Waals surface area contributed by atoms with Gasteiger partial charge in [-0.25, -0.2) is 0 Å². The zero-order chi connectivity index (χ0) is 20.1. The van der Waals surface area contributed by atoms with Gasteiger partial charge in [0.25, 0.3) is 0 Å². The number of hydrogen-bond donors (Lipinski definition) is 0. The van der Waals surface area contributed by atoms with E-state index in [1.54, 1.807) is 11.3 Å². The van der Waals surface area contributed by atoms with Crippen molar-refractivity contribution in [1.29, 1.82) is 0 Å². The van der Waals surface area contributed by atoms with Crippen LogP contribution in [0.5, 0.6) is 0 Å². The quantitative estimate of drug-likeness (QED) is 0.316. The van der Waals surface area contributed by atoms with Gasteiger partial charge in [-0.2, -0.15) is 0 Å². The molecule has 3 rings (SSSR count). The molecule has 2 aromatic carbocycles. The highest BCUT2D eigenvalue weighted by Gasteiger charge is 2.17. The average Bonchev–Trinajstić information content (AvgIpc) is 3.18. The van der Waals surface area contributed by atoms with Crippen molar-refractivity contribution in [1.82, 2.24) is 0 Å². The number of hydrogen-bond acceptors (Lipinski definition) is 2. The molecule has 1 aromatic heterocycles. The summed E-state index contributed by atoms with van der Waals surface area (Å²) in [5.41, 5.74) is 5.14. The third kappa shape index (κ3) is 4.80. The van der Waals surface area contributed by atoms with Crippen LogP contribution >= 0.6 is 11.3 Å². The summed E-state index contributed by atoms with van der Waals surface area (Å²) in [5, 5.41) is 0. The average molecular weight is 387 g/mol. The minimum atomic E-state index is -0.129. The maximum Gasteiger partial charge on any atom is 0.176 e. The number of ketones is 1. The van der Waals surface area contributed by atoms with E-state index < -0.39 is 0 Å². The lowest BCUT2D eigenvalue weighted by molar-refractivity contribution is 0.0936. The molecule has 0 bridgehead atoms. The van der Waals surface area contributed by atoms with Crippen LogP contribution in [0.25, 0.3) is 10.4 Å². The molecule has 142 valence electrons. The fourth-order valence-electron chi connectivity index (χ4n) is 3.27. The molecule has 0 fully saturated rings. The summed E-state index contributed by atoms with van der Waals surface area (Å²) in [6, 6.07) is 21.4. The van der Waals surface area contributed by atoms with Crippen molar-refractivity contribution in [2.45, 2.75) is 39.5 Å². The second-order valence-electron chi connectivity index (χ2n) is 7.61. The number of benzene rings is 2. The van der Waals surface area contributed by atoms with Crippen molar-refractivity contribution < 1.29 is 4.79 Å². The Labute approximate surface area is 172 Å². The Balaban J connectivity index is 1.80. The summed E-state index contributed by atoms with van der Waals surface area (Å²) in [6.45, 7) is 6.34. The molecule has 0 N–H and O–H groups in total. The number of Topliss-reactive ketones (excluding diaryl/α,β-unsaturated/α-hetero) is 1. The first-order valence-electron chi connectivity index (χ1n) is 9.73. The Morgan fingerprint density at radius 3 is 2.43 bits per heavy atom. The van der Waals surface area contributed by atoms with Gasteiger partial charge < -0.3 is 0 Å². The molecule has 3 aromatic rings. The fraction of sp³-hybridized carbons (Fsp3) is 0.269. The van der Waals surface area contributed by atoms with Crippen LogP contribution in [0, 0.1) is 18.3 Å². The van der Waals surface area contributed by atoms with Crippen molar-refractivity contribution in [3.05, 3.63) is 82.2 Å². The highest BCUT2D eigenvalue weighted by Crippen LogP contribution is 2.31. The Morgan fingerprint density at radius 2 is 1.71 bits per heavy atom. The Bertz CT molecular complexity index is 1000. The first-order valence-corrected chi connectivity index (χ1v) is 10.5. The van der Waals surface area contributed by atoms with Gasteiger partial charge in [0.1, 0.15) is 0 Å². The molecule has 1 atom stereocenters. The van der Waals surface area contributed by atoms with E-state index >= 15 is 0 Å². The third-order valence-corrected chi connectivity index (χ3v) is 6.11. The van der Waals surface area contributed by atoms with Gasteiger partial charge in [-0.05, 0) is 46.7 Å². The van der Waals surface area contributed by atoms with Gasteiger partial charge in [0.15, 0.2) is 5.78 Å². The highest BCUT2D eigenvalue weighted by molar-refractivity contribution is 7.17. The largest absolute Gasteiger partial charge is 0.293 e. The Hall–Kier alpha value is -2.63. The summed E-state index contributed by atoms with van der Waals surface area (Å²) < 4.78 is 0. The standard InChI is InChI=1S/C26H26OS/c1-5-8-19(4)26(27)25-14-13-24(28-25)23-12-7-10-21(17-23)15-20-9-6-11-22(16-20)18(2)3/h1,6-7,9-14,16-19H,8,15H2,2-4H3. The Kier molecular flexibility index (Phi) is 6.49. The van der Waals surface area contributed by atoms with Crippen LogP contribution in [0.4, 0.5) is 0 Å². The number of thiophene rings is 1. The molecule has 1 heterocycles. The lowest BCUT2D eigenvalue weighted by Gasteiger charge is -2.09. The summed E-state index contributed by atoms with van der Waals surface area (Å²) >= 11 is 1.55. The normalized spacial score (nSPS) is 12.0. The van der Waals surface area contributed by atoms with E-state index in [1.807, 2.05) is 19.1 Å². The molecule has 28 heavy (non-hydrogen) atoms. The molecule has 1 nitrogen and oxygen atoms in total. The number of terminal acetylenes is 1. The SMILES string of the molecule is C#CCC(C)C(=O)c1ccc(-c2cccc(Cc3cccc(C(C)C)c3)c2)s1. The minimum absolute atomic E-state index is 0.129. The molecular formula is C26H26OS. The van der Waals surface area contributed by atoms with Gasteiger partial charge >= 0.3 is 0 Å². The third-order valence-electron chi connectivity index (χ3n) is 4.96. The van der Waals surface area contributed by atoms with Crippen LogP contribution in [0.15, 0.2) is 60.7 Å². The maximum absolute atomic E-state index is 12.5. The molecular weight excluding hydrogens is 360 g/mol. The highest BCUT2D eigenvalue weighted by atomic mass is 32.1. The van der Waals surface area contributed by atoms with Crippen LogP contribution in [-0.4, -0.2) is 5.78 Å². The molecule has 0 aliphatic heterocycles. The number of rotatable bonds is 7. The molecule has 0 saturated carbocycles. The predicted octanol–water partition coefficient (Wildman–Crippen LogP) is 6.97. The molecule has 0 amide bonds. The molecule has 0 aliphatic carbocycles. The van der Waals surface area contributed by atoms with E-state index in [0.29, 0.717) is 12.3 Å². The maximum atomic E-state index is 12.5. The van der Waals surface area contributed by atoms with Gasteiger partial charge in [-0.1, -0.05) is 69.3 Å². The van der Waals surface area contributed by atoms with Gasteiger partial charge in [0.2, 0.25) is 0 Å². The van der Waals surface area contributed by atoms with Gasteiger partial charge in [-0.15, -0.1) is 23.7 Å². The van der Waals surface area contributed by atoms with E-state index in [2.05, 4.69) is 68.3 Å². The fourth-order valence-corrected chi connectivity index (χ4v) is 4.33. The van der Waals surface area contributed by atoms with E-state index in [1.165, 1.54) is 16.7 Å². The predicted molar refractivity (Wildman–Crippen MR) is 120 cm³/mol. The van der Waals surface area contributed by atoms with Crippen LogP contribution in [0.1, 0.15) is 59.5 Å². The molecule has 2 heteroatoms. The second-order valence-corrected chi connectivity index (χ2v) is 8.70. The van der Waals surface area contributed by atoms with Gasteiger partial charge in [0.05, 0.1) is 4.88 Å². The molecule has 0 saturated heterocycles. The number of carbonyl (C=O) groups is 1. The van der Waals surface area contributed by atoms with Crippen molar-refractivity contribution in [3.63, 3.8) is 0 Å². The first kappa shape index (κ1) is 20.1. The monoisotopic (exact) mass is 386 g/mol. The molecule has 0 spiro atoms. The smallest absolute Gasteiger partial charge is 0.176 e. The van der Waals surface area contributed by atoms with E-state index in [4.69, 9.17) is 6.42 Å². The van der Waals surface area contributed by atoms with E-state index in [9.17, 15) is 4.79 Å². The van der Waals surface area contributed by atoms with Crippen molar-refractivity contribution >= 4 is 17.1 Å². The van der Waals surface area contributed by atoms with Gasteiger partial charge in [-0.3, -0.25) is 4.79 Å². The lowest BCUT2D eigenvalue weighted by atomic mass is 9.97. The van der Waals surface area contributed by atoms with Crippen molar-refractivity contribution in [2.24, 2.45) is 5.92 Å². The van der Waals surface area contributed by atoms with Gasteiger partial charge in [0, 0.05) is 17.2 Å². The summed E-state index contributed by atoms with van der Waals surface area (Å²) in [6.07, 6.45) is 6.74. The van der Waals surface area contributed by atoms with Crippen LogP contribution in [-0.2, 0) is 6.42 Å². The number of carbonyl (C=O) groups excluding carboxylic acids is 1. The topological polar surface area (TPSA) is 17.1 Å². The van der Waals surface area contributed by atoms with Crippen molar-refractivity contribution in [3.8, 4) is 22.8 Å². The van der Waals surface area contributed by atoms with E-state index in [-0.39, 0.29) is 11.7 Å². The van der Waals surface area contributed by atoms with Crippen molar-refractivity contribution in [2.75, 3.05) is 0 Å². The summed E-state index contributed by atoms with van der Waals surface area (Å²) in [7, 11) is 0. The summed E-state index contributed by atoms with van der Waals surface area (Å²) in [5.74, 6) is 3.12. The zero-order valence-corrected chi connectivity index (χ0v) is 17.6. The molecule has 0 radical (unpaired) electrons. The minimum Gasteiger partial charge on any atom is -0.293 e. The lowest BCUT2D eigenvalue weighted by Crippen LogP contribution is -2.08.